The van der Waals surface area contributed by atoms with Crippen LogP contribution in [0.25, 0.3) is 5.69 Å². The number of fused-ring (bicyclic) bond motifs is 1. The van der Waals surface area contributed by atoms with E-state index in [4.69, 9.17) is 5.10 Å². The zero-order chi connectivity index (χ0) is 16.5. The maximum absolute atomic E-state index is 5.18. The van der Waals surface area contributed by atoms with Gasteiger partial charge in [0.25, 0.3) is 0 Å². The molecule has 1 aliphatic heterocycles. The lowest BCUT2D eigenvalue weighted by molar-refractivity contribution is 0.662. The summed E-state index contributed by atoms with van der Waals surface area (Å²) in [7, 11) is 0. The predicted octanol–water partition coefficient (Wildman–Crippen LogP) is 5.40. The van der Waals surface area contributed by atoms with Crippen molar-refractivity contribution in [3.8, 4) is 5.69 Å². The van der Waals surface area contributed by atoms with Gasteiger partial charge in [0.2, 0.25) is 0 Å². The van der Waals surface area contributed by atoms with Gasteiger partial charge in [-0.05, 0) is 49.7 Å². The topological polar surface area (TPSA) is 29.9 Å². The van der Waals surface area contributed by atoms with E-state index in [2.05, 4.69) is 48.1 Å². The number of hydrogen-bond donors (Lipinski definition) is 1. The van der Waals surface area contributed by atoms with Crippen molar-refractivity contribution in [2.24, 2.45) is 0 Å². The Balaban J connectivity index is 1.86. The highest BCUT2D eigenvalue weighted by atomic mass is 15.3. The zero-order valence-corrected chi connectivity index (χ0v) is 15.0. The fraction of sp³-hybridized carbons (Fsp3) is 0.571. The average Bonchev–Trinajstić information content (AvgIpc) is 3.17. The normalized spacial score (nSPS) is 18.5. The molecule has 0 radical (unpaired) electrons. The smallest absolute Gasteiger partial charge is 0.133 e. The maximum atomic E-state index is 5.18. The van der Waals surface area contributed by atoms with E-state index in [0.29, 0.717) is 11.8 Å². The van der Waals surface area contributed by atoms with E-state index >= 15 is 0 Å². The van der Waals surface area contributed by atoms with Crippen LogP contribution in [0.5, 0.6) is 0 Å². The number of nitrogens with one attached hydrogen (secondary N) is 1. The molecule has 0 bridgehead atoms. The molecular formula is C21H29N3. The van der Waals surface area contributed by atoms with E-state index in [1.165, 1.54) is 73.3 Å². The maximum Gasteiger partial charge on any atom is 0.133 e. The molecule has 0 amide bonds. The van der Waals surface area contributed by atoms with Crippen LogP contribution >= 0.6 is 0 Å². The first-order valence-corrected chi connectivity index (χ1v) is 9.70. The monoisotopic (exact) mass is 323 g/mol. The van der Waals surface area contributed by atoms with E-state index in [1.54, 1.807) is 0 Å². The van der Waals surface area contributed by atoms with Crippen LogP contribution < -0.4 is 5.32 Å². The number of rotatable bonds is 3. The van der Waals surface area contributed by atoms with Crippen molar-refractivity contribution < 1.29 is 0 Å². The van der Waals surface area contributed by atoms with Crippen LogP contribution in [0.15, 0.2) is 24.3 Å². The van der Waals surface area contributed by atoms with Crippen LogP contribution in [0.3, 0.4) is 0 Å². The van der Waals surface area contributed by atoms with E-state index in [1.807, 2.05) is 0 Å². The van der Waals surface area contributed by atoms with Gasteiger partial charge in [-0.3, -0.25) is 0 Å². The Labute approximate surface area is 145 Å². The lowest BCUT2D eigenvalue weighted by Crippen LogP contribution is -2.09. The van der Waals surface area contributed by atoms with Crippen molar-refractivity contribution in [1.29, 1.82) is 0 Å². The Hall–Kier alpha value is -1.77. The minimum Gasteiger partial charge on any atom is -0.370 e. The van der Waals surface area contributed by atoms with Gasteiger partial charge in [-0.1, -0.05) is 44.9 Å². The highest BCUT2D eigenvalue weighted by Crippen LogP contribution is 2.40. The van der Waals surface area contributed by atoms with Crippen LogP contribution in [0.1, 0.15) is 81.0 Å². The van der Waals surface area contributed by atoms with Gasteiger partial charge in [0.1, 0.15) is 5.82 Å². The molecule has 2 aromatic rings. The summed E-state index contributed by atoms with van der Waals surface area (Å²) in [5.41, 5.74) is 5.52. The van der Waals surface area contributed by atoms with Crippen LogP contribution in [0, 0.1) is 0 Å². The number of benzene rings is 1. The van der Waals surface area contributed by atoms with Crippen LogP contribution in [0.2, 0.25) is 0 Å². The van der Waals surface area contributed by atoms with Crippen LogP contribution in [-0.2, 0) is 6.42 Å². The molecule has 0 unspecified atom stereocenters. The molecule has 2 heterocycles. The second kappa shape index (κ2) is 6.62. The lowest BCUT2D eigenvalue weighted by atomic mass is 9.97. The van der Waals surface area contributed by atoms with Gasteiger partial charge in [-0.2, -0.15) is 5.10 Å². The average molecular weight is 323 g/mol. The fourth-order valence-corrected chi connectivity index (χ4v) is 4.40. The van der Waals surface area contributed by atoms with Crippen molar-refractivity contribution in [2.45, 2.75) is 70.6 Å². The van der Waals surface area contributed by atoms with Crippen LogP contribution in [-0.4, -0.2) is 16.3 Å². The third kappa shape index (κ3) is 2.74. The fourth-order valence-electron chi connectivity index (χ4n) is 4.40. The van der Waals surface area contributed by atoms with Gasteiger partial charge in [-0.15, -0.1) is 0 Å². The minimum absolute atomic E-state index is 0.502. The molecule has 24 heavy (non-hydrogen) atoms. The summed E-state index contributed by atoms with van der Waals surface area (Å²) in [6.07, 6.45) is 9.06. The molecule has 1 saturated carbocycles. The van der Waals surface area contributed by atoms with E-state index in [0.717, 1.165) is 6.54 Å². The van der Waals surface area contributed by atoms with E-state index < -0.39 is 0 Å². The Kier molecular flexibility index (Phi) is 4.34. The molecule has 1 aromatic heterocycles. The van der Waals surface area contributed by atoms with Crippen molar-refractivity contribution in [2.75, 3.05) is 11.9 Å². The molecule has 3 nitrogen and oxygen atoms in total. The molecule has 0 spiro atoms. The first-order valence-electron chi connectivity index (χ1n) is 9.70. The summed E-state index contributed by atoms with van der Waals surface area (Å²) in [6.45, 7) is 5.60. The van der Waals surface area contributed by atoms with E-state index in [-0.39, 0.29) is 0 Å². The number of anilines is 1. The Morgan fingerprint density at radius 3 is 2.67 bits per heavy atom. The summed E-state index contributed by atoms with van der Waals surface area (Å²) in [4.78, 5) is 0. The second-order valence-electron chi connectivity index (χ2n) is 7.70. The van der Waals surface area contributed by atoms with Gasteiger partial charge >= 0.3 is 0 Å². The highest BCUT2D eigenvalue weighted by molar-refractivity contribution is 5.57. The number of para-hydroxylation sites is 1. The molecule has 1 fully saturated rings. The molecule has 3 heteroatoms. The number of hydrogen-bond acceptors (Lipinski definition) is 2. The molecule has 0 saturated heterocycles. The third-order valence-electron chi connectivity index (χ3n) is 5.69. The lowest BCUT2D eigenvalue weighted by Gasteiger charge is -2.15. The SMILES string of the molecule is CC(C)c1ccccc1-n1nc(C2CCCC2)c2c1NCCCC2. The molecule has 128 valence electrons. The van der Waals surface area contributed by atoms with Crippen molar-refractivity contribution in [3.05, 3.63) is 41.1 Å². The quantitative estimate of drug-likeness (QED) is 0.819. The summed E-state index contributed by atoms with van der Waals surface area (Å²) in [6, 6.07) is 8.77. The summed E-state index contributed by atoms with van der Waals surface area (Å²) < 4.78 is 2.23. The Morgan fingerprint density at radius 2 is 1.88 bits per heavy atom. The minimum atomic E-state index is 0.502. The molecule has 2 aliphatic rings. The Bertz CT molecular complexity index is 708. The molecule has 1 aromatic carbocycles. The van der Waals surface area contributed by atoms with Gasteiger partial charge in [0.15, 0.2) is 0 Å². The first kappa shape index (κ1) is 15.7. The molecule has 0 atom stereocenters. The number of nitrogens with zero attached hydrogens (tertiary/aromatic N) is 2. The molecule has 1 N–H and O–H groups in total. The summed E-state index contributed by atoms with van der Waals surface area (Å²) >= 11 is 0. The third-order valence-corrected chi connectivity index (χ3v) is 5.69. The van der Waals surface area contributed by atoms with Crippen molar-refractivity contribution >= 4 is 5.82 Å². The highest BCUT2D eigenvalue weighted by Gasteiger charge is 2.28. The van der Waals surface area contributed by atoms with Crippen molar-refractivity contribution in [1.82, 2.24) is 9.78 Å². The number of aromatic nitrogens is 2. The molecular weight excluding hydrogens is 294 g/mol. The van der Waals surface area contributed by atoms with Crippen LogP contribution in [0.4, 0.5) is 5.82 Å². The van der Waals surface area contributed by atoms with Gasteiger partial charge < -0.3 is 5.32 Å². The van der Waals surface area contributed by atoms with E-state index in [9.17, 15) is 0 Å². The zero-order valence-electron chi connectivity index (χ0n) is 15.0. The standard InChI is InChI=1S/C21H29N3/c1-15(2)17-11-5-6-13-19(17)24-21-18(12-7-8-14-22-21)20(23-24)16-9-3-4-10-16/h5-6,11,13,15-16,22H,3-4,7-10,12,14H2,1-2H3. The van der Waals surface area contributed by atoms with Gasteiger partial charge in [0.05, 0.1) is 11.4 Å². The molecule has 1 aliphatic carbocycles. The summed E-state index contributed by atoms with van der Waals surface area (Å²) in [5, 5.41) is 8.89. The first-order chi connectivity index (χ1) is 11.8. The van der Waals surface area contributed by atoms with Gasteiger partial charge in [0, 0.05) is 18.0 Å². The molecule has 4 rings (SSSR count). The van der Waals surface area contributed by atoms with Crippen molar-refractivity contribution in [3.63, 3.8) is 0 Å². The van der Waals surface area contributed by atoms with Gasteiger partial charge in [-0.25, -0.2) is 4.68 Å². The predicted molar refractivity (Wildman–Crippen MR) is 100 cm³/mol. The summed E-state index contributed by atoms with van der Waals surface area (Å²) in [5.74, 6) is 2.44. The Morgan fingerprint density at radius 1 is 1.08 bits per heavy atom. The largest absolute Gasteiger partial charge is 0.370 e. The second-order valence-corrected chi connectivity index (χ2v) is 7.70.